The Morgan fingerprint density at radius 2 is 1.81 bits per heavy atom. The second kappa shape index (κ2) is 7.20. The zero-order valence-electron chi connectivity index (χ0n) is 11.9. The van der Waals surface area contributed by atoms with Gasteiger partial charge in [0.15, 0.2) is 0 Å². The second-order valence-corrected chi connectivity index (χ2v) is 5.62. The third-order valence-electron chi connectivity index (χ3n) is 3.90. The first-order valence-corrected chi connectivity index (χ1v) is 7.28. The molecule has 1 aromatic rings. The molecule has 1 amide bonds. The number of hydrogen-bond acceptors (Lipinski definition) is 2. The summed E-state index contributed by atoms with van der Waals surface area (Å²) in [5.41, 5.74) is 0.734. The number of carbonyl (C=O) groups excluding carboxylic acids is 1. The maximum atomic E-state index is 12.9. The lowest BCUT2D eigenvalue weighted by atomic mass is 10.0. The van der Waals surface area contributed by atoms with Crippen molar-refractivity contribution >= 4 is 11.9 Å². The van der Waals surface area contributed by atoms with Crippen LogP contribution < -0.4 is 0 Å². The lowest BCUT2D eigenvalue weighted by molar-refractivity contribution is -0.145. The largest absolute Gasteiger partial charge is 0.480 e. The zero-order valence-corrected chi connectivity index (χ0v) is 11.9. The van der Waals surface area contributed by atoms with Crippen LogP contribution in [0, 0.1) is 11.7 Å². The summed E-state index contributed by atoms with van der Waals surface area (Å²) in [7, 11) is 0. The van der Waals surface area contributed by atoms with Gasteiger partial charge in [-0.25, -0.2) is 4.39 Å². The van der Waals surface area contributed by atoms with E-state index in [2.05, 4.69) is 0 Å². The summed E-state index contributed by atoms with van der Waals surface area (Å²) in [5.74, 6) is -1.13. The quantitative estimate of drug-likeness (QED) is 0.877. The number of aliphatic carboxylic acids is 1. The van der Waals surface area contributed by atoms with Crippen molar-refractivity contribution in [1.82, 2.24) is 4.90 Å². The Hall–Kier alpha value is -1.91. The number of nitrogens with zero attached hydrogens (tertiary/aromatic N) is 1. The molecule has 0 bridgehead atoms. The van der Waals surface area contributed by atoms with E-state index in [0.717, 1.165) is 31.2 Å². The monoisotopic (exact) mass is 293 g/mol. The number of rotatable bonds is 6. The van der Waals surface area contributed by atoms with Crippen LogP contribution in [0.4, 0.5) is 4.39 Å². The summed E-state index contributed by atoms with van der Waals surface area (Å²) in [6.45, 7) is -0.110. The van der Waals surface area contributed by atoms with Crippen LogP contribution in [0.1, 0.15) is 37.7 Å². The molecular formula is C16H20FNO3. The molecule has 1 N–H and O–H groups in total. The van der Waals surface area contributed by atoms with Gasteiger partial charge in [0.05, 0.1) is 0 Å². The van der Waals surface area contributed by atoms with E-state index in [0.29, 0.717) is 12.3 Å². The predicted octanol–water partition coefficient (Wildman–Crippen LogP) is 2.82. The molecule has 1 fully saturated rings. The highest BCUT2D eigenvalue weighted by atomic mass is 19.1. The van der Waals surface area contributed by atoms with Crippen LogP contribution in [0.15, 0.2) is 24.3 Å². The van der Waals surface area contributed by atoms with Crippen LogP contribution in [0.5, 0.6) is 0 Å². The molecule has 1 aliphatic rings. The molecule has 1 aliphatic carbocycles. The van der Waals surface area contributed by atoms with Gasteiger partial charge in [0, 0.05) is 13.0 Å². The number of halogens is 1. The smallest absolute Gasteiger partial charge is 0.323 e. The number of carboxylic acids is 1. The summed E-state index contributed by atoms with van der Waals surface area (Å²) in [6, 6.07) is 5.78. The molecule has 0 radical (unpaired) electrons. The standard InChI is InChI=1S/C16H20FNO3/c17-14-7-5-13(6-8-14)10-18(11-16(20)21)15(19)9-12-3-1-2-4-12/h5-8,12H,1-4,9-11H2,(H,20,21). The number of hydrogen-bond donors (Lipinski definition) is 1. The first kappa shape index (κ1) is 15.5. The molecule has 0 heterocycles. The number of carboxylic acid groups (broad SMARTS) is 1. The van der Waals surface area contributed by atoms with Crippen molar-refractivity contribution in [3.63, 3.8) is 0 Å². The molecule has 4 nitrogen and oxygen atoms in total. The SMILES string of the molecule is O=C(O)CN(Cc1ccc(F)cc1)C(=O)CC1CCCC1. The van der Waals surface area contributed by atoms with E-state index in [9.17, 15) is 14.0 Å². The predicted molar refractivity (Wildman–Crippen MR) is 76.0 cm³/mol. The highest BCUT2D eigenvalue weighted by Crippen LogP contribution is 2.28. The van der Waals surface area contributed by atoms with Crippen molar-refractivity contribution in [2.75, 3.05) is 6.54 Å². The highest BCUT2D eigenvalue weighted by molar-refractivity contribution is 5.81. The highest BCUT2D eigenvalue weighted by Gasteiger charge is 2.23. The van der Waals surface area contributed by atoms with Gasteiger partial charge < -0.3 is 10.0 Å². The fourth-order valence-corrected chi connectivity index (χ4v) is 2.80. The summed E-state index contributed by atoms with van der Waals surface area (Å²) < 4.78 is 12.9. The van der Waals surface area contributed by atoms with Gasteiger partial charge in [0.25, 0.3) is 0 Å². The molecule has 2 rings (SSSR count). The number of benzene rings is 1. The second-order valence-electron chi connectivity index (χ2n) is 5.62. The lowest BCUT2D eigenvalue weighted by Crippen LogP contribution is -2.36. The topological polar surface area (TPSA) is 57.6 Å². The van der Waals surface area contributed by atoms with Crippen molar-refractivity contribution in [3.05, 3.63) is 35.6 Å². The van der Waals surface area contributed by atoms with E-state index in [1.165, 1.54) is 17.0 Å². The zero-order chi connectivity index (χ0) is 15.2. The molecule has 114 valence electrons. The number of amides is 1. The van der Waals surface area contributed by atoms with Crippen LogP contribution in [0.3, 0.4) is 0 Å². The Balaban J connectivity index is 2.00. The van der Waals surface area contributed by atoms with Crippen LogP contribution in [0.2, 0.25) is 0 Å². The van der Waals surface area contributed by atoms with Crippen molar-refractivity contribution in [3.8, 4) is 0 Å². The van der Waals surface area contributed by atoms with Gasteiger partial charge in [-0.2, -0.15) is 0 Å². The van der Waals surface area contributed by atoms with Gasteiger partial charge in [0.2, 0.25) is 5.91 Å². The normalized spacial score (nSPS) is 15.1. The minimum Gasteiger partial charge on any atom is -0.480 e. The molecule has 0 spiro atoms. The molecule has 0 aromatic heterocycles. The van der Waals surface area contributed by atoms with Crippen molar-refractivity contribution in [2.45, 2.75) is 38.6 Å². The molecule has 0 aliphatic heterocycles. The Morgan fingerprint density at radius 1 is 1.19 bits per heavy atom. The van der Waals surface area contributed by atoms with Crippen molar-refractivity contribution in [2.24, 2.45) is 5.92 Å². The summed E-state index contributed by atoms with van der Waals surface area (Å²) in [5, 5.41) is 8.96. The first-order chi connectivity index (χ1) is 10.0. The van der Waals surface area contributed by atoms with Crippen LogP contribution >= 0.6 is 0 Å². The average molecular weight is 293 g/mol. The molecule has 5 heteroatoms. The van der Waals surface area contributed by atoms with Gasteiger partial charge in [0.1, 0.15) is 12.4 Å². The fourth-order valence-electron chi connectivity index (χ4n) is 2.80. The Morgan fingerprint density at radius 3 is 2.38 bits per heavy atom. The van der Waals surface area contributed by atoms with Gasteiger partial charge in [-0.1, -0.05) is 25.0 Å². The third kappa shape index (κ3) is 4.85. The van der Waals surface area contributed by atoms with Crippen LogP contribution in [0.25, 0.3) is 0 Å². The first-order valence-electron chi connectivity index (χ1n) is 7.28. The van der Waals surface area contributed by atoms with Gasteiger partial charge in [-0.05, 0) is 36.5 Å². The van der Waals surface area contributed by atoms with Crippen LogP contribution in [-0.2, 0) is 16.1 Å². The molecule has 0 atom stereocenters. The van der Waals surface area contributed by atoms with Crippen molar-refractivity contribution < 1.29 is 19.1 Å². The van der Waals surface area contributed by atoms with E-state index in [1.807, 2.05) is 0 Å². The molecule has 1 aromatic carbocycles. The molecular weight excluding hydrogens is 273 g/mol. The Kier molecular flexibility index (Phi) is 5.31. The maximum absolute atomic E-state index is 12.9. The molecule has 0 saturated heterocycles. The minimum atomic E-state index is -1.03. The van der Waals surface area contributed by atoms with E-state index < -0.39 is 5.97 Å². The van der Waals surface area contributed by atoms with Gasteiger partial charge in [-0.3, -0.25) is 9.59 Å². The average Bonchev–Trinajstić information content (AvgIpc) is 2.93. The van der Waals surface area contributed by atoms with E-state index in [1.54, 1.807) is 12.1 Å². The number of carbonyl (C=O) groups is 2. The summed E-state index contributed by atoms with van der Waals surface area (Å²) in [6.07, 6.45) is 4.80. The van der Waals surface area contributed by atoms with E-state index >= 15 is 0 Å². The van der Waals surface area contributed by atoms with Gasteiger partial charge >= 0.3 is 5.97 Å². The summed E-state index contributed by atoms with van der Waals surface area (Å²) >= 11 is 0. The third-order valence-corrected chi connectivity index (χ3v) is 3.90. The molecule has 21 heavy (non-hydrogen) atoms. The van der Waals surface area contributed by atoms with Gasteiger partial charge in [-0.15, -0.1) is 0 Å². The summed E-state index contributed by atoms with van der Waals surface area (Å²) in [4.78, 5) is 24.6. The fraction of sp³-hybridized carbons (Fsp3) is 0.500. The lowest BCUT2D eigenvalue weighted by Gasteiger charge is -2.22. The van der Waals surface area contributed by atoms with Crippen molar-refractivity contribution in [1.29, 1.82) is 0 Å². The Labute approximate surface area is 123 Å². The minimum absolute atomic E-state index is 0.131. The van der Waals surface area contributed by atoms with E-state index in [-0.39, 0.29) is 24.8 Å². The molecule has 0 unspecified atom stereocenters. The Bertz CT molecular complexity index is 495. The maximum Gasteiger partial charge on any atom is 0.323 e. The van der Waals surface area contributed by atoms with Crippen LogP contribution in [-0.4, -0.2) is 28.4 Å². The van der Waals surface area contributed by atoms with E-state index in [4.69, 9.17) is 5.11 Å². The molecule has 1 saturated carbocycles.